The van der Waals surface area contributed by atoms with Crippen LogP contribution < -0.4 is 5.50 Å². The Hall–Kier alpha value is 1.54. The topological polar surface area (TPSA) is 46.2 Å². The van der Waals surface area contributed by atoms with Crippen molar-refractivity contribution >= 4 is 29.7 Å². The summed E-state index contributed by atoms with van der Waals surface area (Å²) < 4.78 is 0. The van der Waals surface area contributed by atoms with E-state index in [9.17, 15) is 0 Å². The first-order valence-corrected chi connectivity index (χ1v) is 4.82. The summed E-state index contributed by atoms with van der Waals surface area (Å²) in [6, 6.07) is 0. The van der Waals surface area contributed by atoms with Gasteiger partial charge in [-0.3, -0.25) is 5.50 Å². The molecule has 0 spiro atoms. The summed E-state index contributed by atoms with van der Waals surface area (Å²) in [5, 5.41) is 0. The van der Waals surface area contributed by atoms with Crippen LogP contribution in [0.15, 0.2) is 0 Å². The molecule has 34 valence electrons. The standard InChI is InChI=1S/H4NOPS2.Zn/c1-3(2,4)5;/h(H4,1,2,4,5);. The van der Waals surface area contributed by atoms with E-state index in [1.165, 1.54) is 0 Å². The van der Waals surface area contributed by atoms with Gasteiger partial charge in [0, 0.05) is 19.5 Å². The molecular formula is H4NOPS2Zn. The van der Waals surface area contributed by atoms with Crippen molar-refractivity contribution < 1.29 is 24.4 Å². The zero-order chi connectivity index (χ0) is 4.50. The van der Waals surface area contributed by atoms with Gasteiger partial charge >= 0.3 is 0 Å². The Balaban J connectivity index is 0. The zero-order valence-electron chi connectivity index (χ0n) is 3.03. The Labute approximate surface area is 59.6 Å². The summed E-state index contributed by atoms with van der Waals surface area (Å²) in [5.74, 6) is 0. The van der Waals surface area contributed by atoms with Crippen molar-refractivity contribution in [3.63, 3.8) is 0 Å². The normalized spacial score (nSPS) is 17.8. The second-order valence-electron chi connectivity index (χ2n) is 0.589. The molecule has 0 saturated carbocycles. The zero-order valence-corrected chi connectivity index (χ0v) is 8.61. The minimum atomic E-state index is -2.61. The maximum Gasteiger partial charge on any atom is 0.177 e. The fourth-order valence-corrected chi connectivity index (χ4v) is 0. The van der Waals surface area contributed by atoms with E-state index in [0.717, 1.165) is 0 Å². The van der Waals surface area contributed by atoms with Gasteiger partial charge in [-0.05, 0) is 11.8 Å². The maximum atomic E-state index is 8.09. The molecule has 0 fully saturated rings. The van der Waals surface area contributed by atoms with Crippen LogP contribution in [0.25, 0.3) is 0 Å². The van der Waals surface area contributed by atoms with Gasteiger partial charge in [0.15, 0.2) is 5.62 Å². The third-order valence-electron chi connectivity index (χ3n) is 0. The monoisotopic (exact) mass is 193 g/mol. The molecule has 2 nitrogen and oxygen atoms in total. The van der Waals surface area contributed by atoms with Crippen LogP contribution in [0.3, 0.4) is 0 Å². The summed E-state index contributed by atoms with van der Waals surface area (Å²) in [6.45, 7) is 0. The summed E-state index contributed by atoms with van der Waals surface area (Å²) in [7, 11) is 0. The van der Waals surface area contributed by atoms with Crippen LogP contribution in [0.1, 0.15) is 0 Å². The molecule has 0 aromatic heterocycles. The molecule has 3 N–H and O–H groups in total. The molecule has 0 aliphatic carbocycles. The van der Waals surface area contributed by atoms with Crippen molar-refractivity contribution in [3.8, 4) is 0 Å². The average molecular weight is 195 g/mol. The molecule has 0 saturated heterocycles. The number of hydrogen-bond donors (Lipinski definition) is 3. The first-order chi connectivity index (χ1) is 2.00. The first-order valence-electron chi connectivity index (χ1n) is 0.841. The summed E-state index contributed by atoms with van der Waals surface area (Å²) >= 11 is 7.52. The van der Waals surface area contributed by atoms with Crippen molar-refractivity contribution in [1.82, 2.24) is 0 Å². The van der Waals surface area contributed by atoms with Gasteiger partial charge in [0.05, 0.1) is 0 Å². The molecule has 0 aliphatic rings. The Morgan fingerprint density at radius 1 is 1.83 bits per heavy atom. The van der Waals surface area contributed by atoms with Gasteiger partial charge in [-0.2, -0.15) is 0 Å². The molecule has 0 bridgehead atoms. The van der Waals surface area contributed by atoms with E-state index in [4.69, 9.17) is 10.4 Å². The molecule has 1 atom stereocenters. The van der Waals surface area contributed by atoms with E-state index >= 15 is 0 Å². The van der Waals surface area contributed by atoms with Crippen LogP contribution in [-0.4, -0.2) is 4.89 Å². The largest absolute Gasteiger partial charge is 0.347 e. The fraction of sp³-hybridized carbons (Fsp3) is 0. The predicted molar refractivity (Wildman–Crippen MR) is 29.7 cm³/mol. The smallest absolute Gasteiger partial charge is 0.177 e. The van der Waals surface area contributed by atoms with E-state index in [-0.39, 0.29) is 19.5 Å². The van der Waals surface area contributed by atoms with Gasteiger partial charge in [0.25, 0.3) is 0 Å². The number of rotatable bonds is 0. The minimum Gasteiger partial charge on any atom is -0.347 e. The van der Waals surface area contributed by atoms with Crippen LogP contribution in [-0.2, 0) is 31.3 Å². The van der Waals surface area contributed by atoms with Gasteiger partial charge in [-0.1, -0.05) is 0 Å². The van der Waals surface area contributed by atoms with E-state index in [1.54, 1.807) is 0 Å². The van der Waals surface area contributed by atoms with Crippen molar-refractivity contribution in [3.05, 3.63) is 0 Å². The van der Waals surface area contributed by atoms with E-state index < -0.39 is 5.62 Å². The van der Waals surface area contributed by atoms with E-state index in [0.29, 0.717) is 0 Å². The maximum absolute atomic E-state index is 8.09. The van der Waals surface area contributed by atoms with Crippen LogP contribution in [0.2, 0.25) is 0 Å². The number of nitrogens with two attached hydrogens (primary N) is 1. The third kappa shape index (κ3) is 48.0. The van der Waals surface area contributed by atoms with Crippen molar-refractivity contribution in [2.24, 2.45) is 5.50 Å². The van der Waals surface area contributed by atoms with Gasteiger partial charge < -0.3 is 4.89 Å². The Bertz CT molecular complexity index is 59.7. The SMILES string of the molecule is NP(O)(=S)S.[Zn]. The summed E-state index contributed by atoms with van der Waals surface area (Å²) in [4.78, 5) is 8.09. The molecule has 6 heteroatoms. The molecule has 0 amide bonds. The van der Waals surface area contributed by atoms with Gasteiger partial charge in [-0.15, -0.1) is 12.2 Å². The molecule has 0 radical (unpaired) electrons. The predicted octanol–water partition coefficient (Wildman–Crippen LogP) is 0.0892. The average Bonchev–Trinajstić information content (AvgIpc) is 0.722. The second kappa shape index (κ2) is 3.53. The molecule has 0 aromatic carbocycles. The van der Waals surface area contributed by atoms with Crippen molar-refractivity contribution in [2.75, 3.05) is 0 Å². The van der Waals surface area contributed by atoms with E-state index in [2.05, 4.69) is 24.1 Å². The Morgan fingerprint density at radius 3 is 1.83 bits per heavy atom. The summed E-state index contributed by atoms with van der Waals surface area (Å²) in [5.41, 5.74) is 2.09. The molecule has 0 rings (SSSR count). The molecule has 1 unspecified atom stereocenters. The molecule has 0 aliphatic heterocycles. The number of thiol groups is 1. The van der Waals surface area contributed by atoms with E-state index in [1.807, 2.05) is 0 Å². The van der Waals surface area contributed by atoms with Crippen LogP contribution in [0, 0.1) is 0 Å². The Kier molecular flexibility index (Phi) is 6.19. The van der Waals surface area contributed by atoms with Crippen LogP contribution in [0.5, 0.6) is 0 Å². The molecular weight excluding hydrogens is 191 g/mol. The van der Waals surface area contributed by atoms with Crippen molar-refractivity contribution in [2.45, 2.75) is 0 Å². The fourth-order valence-electron chi connectivity index (χ4n) is 0. The van der Waals surface area contributed by atoms with Gasteiger partial charge in [0.2, 0.25) is 0 Å². The number of hydrogen-bond acceptors (Lipinski definition) is 1. The minimum absolute atomic E-state index is 0. The third-order valence-corrected chi connectivity index (χ3v) is 0. The van der Waals surface area contributed by atoms with Crippen LogP contribution in [0.4, 0.5) is 0 Å². The summed E-state index contributed by atoms with van der Waals surface area (Å²) in [6.07, 6.45) is 0. The van der Waals surface area contributed by atoms with Crippen molar-refractivity contribution in [1.29, 1.82) is 0 Å². The second-order valence-corrected chi connectivity index (χ2v) is 6.08. The van der Waals surface area contributed by atoms with Gasteiger partial charge in [-0.25, -0.2) is 0 Å². The van der Waals surface area contributed by atoms with Crippen LogP contribution >= 0.6 is 17.9 Å². The van der Waals surface area contributed by atoms with Gasteiger partial charge in [0.1, 0.15) is 0 Å². The Morgan fingerprint density at radius 2 is 1.83 bits per heavy atom. The molecule has 0 aromatic rings. The first kappa shape index (κ1) is 10.5. The molecule has 6 heavy (non-hydrogen) atoms. The quantitative estimate of drug-likeness (QED) is 0.291. The molecule has 0 heterocycles.